The first-order chi connectivity index (χ1) is 11.4. The lowest BCUT2D eigenvalue weighted by atomic mass is 9.98. The van der Waals surface area contributed by atoms with Crippen molar-refractivity contribution >= 4 is 5.91 Å². The minimum atomic E-state index is -0.361. The van der Waals surface area contributed by atoms with Crippen LogP contribution in [0.1, 0.15) is 50.6 Å². The van der Waals surface area contributed by atoms with Gasteiger partial charge in [0.15, 0.2) is 0 Å². The summed E-state index contributed by atoms with van der Waals surface area (Å²) >= 11 is 0. The molecule has 0 saturated carbocycles. The molecule has 0 aliphatic carbocycles. The van der Waals surface area contributed by atoms with Gasteiger partial charge < -0.3 is 9.73 Å². The van der Waals surface area contributed by atoms with Crippen molar-refractivity contribution in [2.45, 2.75) is 46.6 Å². The number of hydrogen-bond donors (Lipinski definition) is 1. The first kappa shape index (κ1) is 18.1. The van der Waals surface area contributed by atoms with Crippen LogP contribution in [0.15, 0.2) is 28.7 Å². The van der Waals surface area contributed by atoms with Gasteiger partial charge in [-0.05, 0) is 30.4 Å². The summed E-state index contributed by atoms with van der Waals surface area (Å²) in [5.74, 6) is 0.424. The molecular weight excluding hydrogens is 309 g/mol. The maximum absolute atomic E-state index is 13.8. The lowest BCUT2D eigenvalue weighted by Crippen LogP contribution is -2.34. The molecular formula is C18H24FN3O2. The highest BCUT2D eigenvalue weighted by Gasteiger charge is 2.24. The Bertz CT molecular complexity index is 684. The van der Waals surface area contributed by atoms with E-state index in [1.807, 2.05) is 0 Å². The molecule has 0 spiro atoms. The van der Waals surface area contributed by atoms with Crippen LogP contribution >= 0.6 is 0 Å². The third-order valence-electron chi connectivity index (χ3n) is 3.79. The van der Waals surface area contributed by atoms with Gasteiger partial charge in [0.05, 0.1) is 0 Å². The van der Waals surface area contributed by atoms with Crippen LogP contribution < -0.4 is 5.32 Å². The van der Waals surface area contributed by atoms with Crippen molar-refractivity contribution in [1.82, 2.24) is 15.5 Å². The average molecular weight is 333 g/mol. The van der Waals surface area contributed by atoms with Gasteiger partial charge in [0.2, 0.25) is 17.7 Å². The van der Waals surface area contributed by atoms with Gasteiger partial charge in [-0.25, -0.2) is 4.39 Å². The van der Waals surface area contributed by atoms with E-state index in [1.54, 1.807) is 32.0 Å². The molecule has 1 N–H and O–H groups in total. The molecule has 130 valence electrons. The highest BCUT2D eigenvalue weighted by Crippen LogP contribution is 2.21. The zero-order valence-electron chi connectivity index (χ0n) is 14.5. The summed E-state index contributed by atoms with van der Waals surface area (Å²) in [7, 11) is 0. The summed E-state index contributed by atoms with van der Waals surface area (Å²) in [6.07, 6.45) is 1.04. The van der Waals surface area contributed by atoms with Crippen molar-refractivity contribution in [3.8, 4) is 0 Å². The van der Waals surface area contributed by atoms with E-state index < -0.39 is 0 Å². The Kier molecular flexibility index (Phi) is 6.06. The fourth-order valence-electron chi connectivity index (χ4n) is 2.55. The molecule has 2 unspecified atom stereocenters. The van der Waals surface area contributed by atoms with Crippen LogP contribution in [0.3, 0.4) is 0 Å². The van der Waals surface area contributed by atoms with Gasteiger partial charge in [-0.15, -0.1) is 10.2 Å². The summed E-state index contributed by atoms with van der Waals surface area (Å²) in [5.41, 5.74) is 0.536. The molecule has 2 aromatic rings. The number of carbonyl (C=O) groups excluding carboxylic acids is 1. The highest BCUT2D eigenvalue weighted by atomic mass is 19.1. The molecule has 2 rings (SSSR count). The Morgan fingerprint density at radius 2 is 1.96 bits per heavy atom. The Morgan fingerprint density at radius 1 is 1.25 bits per heavy atom. The predicted octanol–water partition coefficient (Wildman–Crippen LogP) is 3.60. The number of nitrogens with one attached hydrogen (secondary N) is 1. The number of halogens is 1. The fraction of sp³-hybridized carbons (Fsp3) is 0.500. The largest absolute Gasteiger partial charge is 0.423 e. The smallest absolute Gasteiger partial charge is 0.238 e. The molecule has 6 heteroatoms. The first-order valence-electron chi connectivity index (χ1n) is 8.20. The van der Waals surface area contributed by atoms with Gasteiger partial charge in [0.1, 0.15) is 11.9 Å². The second-order valence-electron chi connectivity index (χ2n) is 6.55. The molecule has 0 radical (unpaired) electrons. The maximum Gasteiger partial charge on any atom is 0.238 e. The Balaban J connectivity index is 2.05. The van der Waals surface area contributed by atoms with Crippen molar-refractivity contribution < 1.29 is 13.6 Å². The number of carbonyl (C=O) groups is 1. The number of aryl methyl sites for hydroxylation is 1. The number of nitrogens with zero attached hydrogens (tertiary/aromatic N) is 2. The standard InChI is InChI=1S/C18H24FN3O2/c1-11(2)9-16(18-22-21-13(4)24-18)20-17(23)12(3)10-14-7-5-6-8-15(14)19/h5-8,11-12,16H,9-10H2,1-4H3,(H,20,23). The first-order valence-corrected chi connectivity index (χ1v) is 8.20. The summed E-state index contributed by atoms with van der Waals surface area (Å²) in [4.78, 5) is 12.5. The van der Waals surface area contributed by atoms with E-state index in [2.05, 4.69) is 29.4 Å². The van der Waals surface area contributed by atoms with Crippen LogP contribution in [0, 0.1) is 24.6 Å². The third kappa shape index (κ3) is 4.88. The van der Waals surface area contributed by atoms with Gasteiger partial charge in [0.25, 0.3) is 0 Å². The summed E-state index contributed by atoms with van der Waals surface area (Å²) in [6, 6.07) is 6.18. The molecule has 0 saturated heterocycles. The topological polar surface area (TPSA) is 68.0 Å². The van der Waals surface area contributed by atoms with E-state index in [0.29, 0.717) is 36.1 Å². The van der Waals surface area contributed by atoms with E-state index in [-0.39, 0.29) is 23.7 Å². The Morgan fingerprint density at radius 3 is 2.54 bits per heavy atom. The number of rotatable bonds is 7. The number of amides is 1. The van der Waals surface area contributed by atoms with E-state index in [1.165, 1.54) is 6.07 Å². The second-order valence-corrected chi connectivity index (χ2v) is 6.55. The minimum absolute atomic E-state index is 0.153. The summed E-state index contributed by atoms with van der Waals surface area (Å²) in [6.45, 7) is 7.62. The normalized spacial score (nSPS) is 13.8. The van der Waals surface area contributed by atoms with E-state index in [4.69, 9.17) is 4.42 Å². The molecule has 0 aliphatic rings. The molecule has 1 aromatic heterocycles. The van der Waals surface area contributed by atoms with Gasteiger partial charge in [-0.2, -0.15) is 0 Å². The summed E-state index contributed by atoms with van der Waals surface area (Å²) in [5, 5.41) is 10.8. The number of benzene rings is 1. The lowest BCUT2D eigenvalue weighted by Gasteiger charge is -2.20. The van der Waals surface area contributed by atoms with Crippen LogP contribution in [0.25, 0.3) is 0 Å². The molecule has 0 fully saturated rings. The molecule has 1 amide bonds. The third-order valence-corrected chi connectivity index (χ3v) is 3.79. The Hall–Kier alpha value is -2.24. The second kappa shape index (κ2) is 8.04. The van der Waals surface area contributed by atoms with Gasteiger partial charge in [-0.1, -0.05) is 39.0 Å². The molecule has 1 heterocycles. The maximum atomic E-state index is 13.8. The van der Waals surface area contributed by atoms with E-state index in [9.17, 15) is 9.18 Å². The molecule has 5 nitrogen and oxygen atoms in total. The van der Waals surface area contributed by atoms with Crippen LogP contribution in [0.2, 0.25) is 0 Å². The van der Waals surface area contributed by atoms with E-state index in [0.717, 1.165) is 0 Å². The zero-order chi connectivity index (χ0) is 17.7. The quantitative estimate of drug-likeness (QED) is 0.840. The van der Waals surface area contributed by atoms with Gasteiger partial charge in [0, 0.05) is 12.8 Å². The van der Waals surface area contributed by atoms with Crippen LogP contribution in [-0.2, 0) is 11.2 Å². The molecule has 1 aromatic carbocycles. The minimum Gasteiger partial charge on any atom is -0.423 e. The van der Waals surface area contributed by atoms with Gasteiger partial charge in [-0.3, -0.25) is 4.79 Å². The average Bonchev–Trinajstić information content (AvgIpc) is 2.95. The van der Waals surface area contributed by atoms with Crippen molar-refractivity contribution in [2.75, 3.05) is 0 Å². The zero-order valence-corrected chi connectivity index (χ0v) is 14.5. The Labute approximate surface area is 141 Å². The van der Waals surface area contributed by atoms with Crippen LogP contribution in [0.4, 0.5) is 4.39 Å². The van der Waals surface area contributed by atoms with Gasteiger partial charge >= 0.3 is 0 Å². The van der Waals surface area contributed by atoms with Crippen molar-refractivity contribution in [3.05, 3.63) is 47.4 Å². The van der Waals surface area contributed by atoms with E-state index >= 15 is 0 Å². The number of hydrogen-bond acceptors (Lipinski definition) is 4. The fourth-order valence-corrected chi connectivity index (χ4v) is 2.55. The molecule has 0 aliphatic heterocycles. The summed E-state index contributed by atoms with van der Waals surface area (Å²) < 4.78 is 19.2. The molecule has 0 bridgehead atoms. The highest BCUT2D eigenvalue weighted by molar-refractivity contribution is 5.79. The van der Waals surface area contributed by atoms with Crippen LogP contribution in [0.5, 0.6) is 0 Å². The lowest BCUT2D eigenvalue weighted by molar-refractivity contribution is -0.125. The van der Waals surface area contributed by atoms with Crippen molar-refractivity contribution in [2.24, 2.45) is 11.8 Å². The molecule has 24 heavy (non-hydrogen) atoms. The van der Waals surface area contributed by atoms with Crippen LogP contribution in [-0.4, -0.2) is 16.1 Å². The SMILES string of the molecule is Cc1nnc(C(CC(C)C)NC(=O)C(C)Cc2ccccc2F)o1. The monoisotopic (exact) mass is 333 g/mol. The number of aromatic nitrogens is 2. The molecule has 2 atom stereocenters. The predicted molar refractivity (Wildman–Crippen MR) is 88.6 cm³/mol. The van der Waals surface area contributed by atoms with Crippen molar-refractivity contribution in [1.29, 1.82) is 0 Å². The van der Waals surface area contributed by atoms with Crippen molar-refractivity contribution in [3.63, 3.8) is 0 Å².